The molecule has 0 saturated heterocycles. The first kappa shape index (κ1) is 14.3. The largest absolute Gasteiger partial charge is 0.273 e. The Morgan fingerprint density at radius 2 is 1.73 bits per heavy atom. The van der Waals surface area contributed by atoms with Crippen LogP contribution in [0.1, 0.15) is 23.5 Å². The van der Waals surface area contributed by atoms with Crippen LogP contribution in [0.25, 0.3) is 6.08 Å². The van der Waals surface area contributed by atoms with Gasteiger partial charge in [-0.1, -0.05) is 66.7 Å². The van der Waals surface area contributed by atoms with Crippen LogP contribution >= 0.6 is 0 Å². The zero-order valence-electron chi connectivity index (χ0n) is 12.2. The lowest BCUT2D eigenvalue weighted by atomic mass is 10.1. The van der Waals surface area contributed by atoms with Crippen molar-refractivity contribution in [3.05, 3.63) is 77.9 Å². The van der Waals surface area contributed by atoms with Gasteiger partial charge in [0.2, 0.25) is 5.91 Å². The van der Waals surface area contributed by atoms with Crippen molar-refractivity contribution >= 4 is 18.2 Å². The van der Waals surface area contributed by atoms with Gasteiger partial charge in [-0.25, -0.2) is 5.43 Å². The van der Waals surface area contributed by atoms with Crippen LogP contribution in [0.2, 0.25) is 0 Å². The van der Waals surface area contributed by atoms with Crippen LogP contribution in [0.4, 0.5) is 0 Å². The second kappa shape index (κ2) is 6.85. The summed E-state index contributed by atoms with van der Waals surface area (Å²) >= 11 is 0. The lowest BCUT2D eigenvalue weighted by molar-refractivity contribution is -0.122. The third-order valence-corrected chi connectivity index (χ3v) is 3.78. The number of benzene rings is 2. The molecule has 0 heterocycles. The minimum atomic E-state index is -0.00165. The van der Waals surface area contributed by atoms with Crippen LogP contribution < -0.4 is 5.43 Å². The number of rotatable bonds is 5. The molecule has 0 aromatic heterocycles. The second-order valence-electron chi connectivity index (χ2n) is 5.38. The highest BCUT2D eigenvalue weighted by atomic mass is 16.2. The number of hydrogen-bond acceptors (Lipinski definition) is 2. The van der Waals surface area contributed by atoms with Gasteiger partial charge in [0.1, 0.15) is 0 Å². The summed E-state index contributed by atoms with van der Waals surface area (Å²) < 4.78 is 0. The zero-order chi connectivity index (χ0) is 15.2. The minimum Gasteiger partial charge on any atom is -0.273 e. The quantitative estimate of drug-likeness (QED) is 0.663. The minimum absolute atomic E-state index is 0.00165. The molecule has 2 atom stereocenters. The second-order valence-corrected chi connectivity index (χ2v) is 5.38. The predicted octanol–water partition coefficient (Wildman–Crippen LogP) is 3.61. The van der Waals surface area contributed by atoms with Crippen molar-refractivity contribution in [1.29, 1.82) is 0 Å². The van der Waals surface area contributed by atoms with Crippen LogP contribution in [-0.2, 0) is 4.79 Å². The van der Waals surface area contributed by atoms with Crippen molar-refractivity contribution in [2.24, 2.45) is 11.0 Å². The van der Waals surface area contributed by atoms with Crippen molar-refractivity contribution in [3.8, 4) is 0 Å². The Bertz CT molecular complexity index is 677. The number of allylic oxidation sites excluding steroid dienone is 1. The lowest BCUT2D eigenvalue weighted by Gasteiger charge is -1.99. The smallest absolute Gasteiger partial charge is 0.243 e. The molecule has 1 aliphatic rings. The summed E-state index contributed by atoms with van der Waals surface area (Å²) in [4.78, 5) is 12.0. The Hall–Kier alpha value is -2.68. The molecule has 2 aromatic rings. The van der Waals surface area contributed by atoms with Gasteiger partial charge in [0.15, 0.2) is 0 Å². The monoisotopic (exact) mass is 290 g/mol. The fourth-order valence-corrected chi connectivity index (χ4v) is 2.50. The van der Waals surface area contributed by atoms with Crippen LogP contribution in [0.5, 0.6) is 0 Å². The average molecular weight is 290 g/mol. The fourth-order valence-electron chi connectivity index (χ4n) is 2.50. The number of hydrogen-bond donors (Lipinski definition) is 1. The summed E-state index contributed by atoms with van der Waals surface area (Å²) in [6.45, 7) is 0. The topological polar surface area (TPSA) is 41.5 Å². The number of amides is 1. The lowest BCUT2D eigenvalue weighted by Crippen LogP contribution is -2.19. The summed E-state index contributed by atoms with van der Waals surface area (Å²) in [5, 5.41) is 3.96. The molecule has 3 nitrogen and oxygen atoms in total. The maximum absolute atomic E-state index is 12.0. The third kappa shape index (κ3) is 3.70. The highest BCUT2D eigenvalue weighted by Gasteiger charge is 2.43. The van der Waals surface area contributed by atoms with Gasteiger partial charge in [-0.15, -0.1) is 0 Å². The van der Waals surface area contributed by atoms with Gasteiger partial charge < -0.3 is 0 Å². The van der Waals surface area contributed by atoms with E-state index in [9.17, 15) is 4.79 Å². The normalized spacial score (nSPS) is 20.4. The first-order valence-corrected chi connectivity index (χ1v) is 7.44. The van der Waals surface area contributed by atoms with Gasteiger partial charge in [-0.3, -0.25) is 4.79 Å². The molecule has 0 bridgehead atoms. The molecule has 0 unspecified atom stereocenters. The number of nitrogens with one attached hydrogen (secondary N) is 1. The van der Waals surface area contributed by atoms with E-state index in [0.29, 0.717) is 5.92 Å². The maximum atomic E-state index is 12.0. The molecular weight excluding hydrogens is 272 g/mol. The van der Waals surface area contributed by atoms with Gasteiger partial charge in [0.25, 0.3) is 0 Å². The van der Waals surface area contributed by atoms with Gasteiger partial charge in [0.05, 0.1) is 0 Å². The number of carbonyl (C=O) groups is 1. The Morgan fingerprint density at radius 3 is 2.45 bits per heavy atom. The molecule has 3 rings (SSSR count). The van der Waals surface area contributed by atoms with Crippen molar-refractivity contribution < 1.29 is 4.79 Å². The Kier molecular flexibility index (Phi) is 4.44. The Morgan fingerprint density at radius 1 is 1.05 bits per heavy atom. The summed E-state index contributed by atoms with van der Waals surface area (Å²) in [7, 11) is 0. The molecule has 1 fully saturated rings. The number of hydrazone groups is 1. The molecule has 3 heteroatoms. The van der Waals surface area contributed by atoms with E-state index in [1.165, 1.54) is 5.56 Å². The van der Waals surface area contributed by atoms with Crippen molar-refractivity contribution in [2.45, 2.75) is 12.3 Å². The highest BCUT2D eigenvalue weighted by Crippen LogP contribution is 2.47. The van der Waals surface area contributed by atoms with E-state index in [-0.39, 0.29) is 11.8 Å². The van der Waals surface area contributed by atoms with E-state index >= 15 is 0 Å². The van der Waals surface area contributed by atoms with Gasteiger partial charge >= 0.3 is 0 Å². The molecule has 110 valence electrons. The van der Waals surface area contributed by atoms with Crippen molar-refractivity contribution in [1.82, 2.24) is 5.43 Å². The molecular formula is C19H18N2O. The Balaban J connectivity index is 1.46. The van der Waals surface area contributed by atoms with E-state index in [4.69, 9.17) is 0 Å². The Labute approximate surface area is 130 Å². The molecule has 0 radical (unpaired) electrons. The highest BCUT2D eigenvalue weighted by molar-refractivity contribution is 5.85. The molecule has 22 heavy (non-hydrogen) atoms. The van der Waals surface area contributed by atoms with Gasteiger partial charge in [-0.05, 0) is 29.5 Å². The summed E-state index contributed by atoms with van der Waals surface area (Å²) in [5.74, 6) is 0.395. The van der Waals surface area contributed by atoms with Crippen LogP contribution in [0.3, 0.4) is 0 Å². The van der Waals surface area contributed by atoms with Crippen molar-refractivity contribution in [3.63, 3.8) is 0 Å². The van der Waals surface area contributed by atoms with E-state index in [2.05, 4.69) is 22.7 Å². The molecule has 1 N–H and O–H groups in total. The van der Waals surface area contributed by atoms with Gasteiger partial charge in [0, 0.05) is 12.1 Å². The predicted molar refractivity (Wildman–Crippen MR) is 89.4 cm³/mol. The first-order chi connectivity index (χ1) is 10.8. The third-order valence-electron chi connectivity index (χ3n) is 3.78. The molecule has 1 amide bonds. The number of carbonyl (C=O) groups excluding carboxylic acids is 1. The number of nitrogens with zero attached hydrogens (tertiary/aromatic N) is 1. The van der Waals surface area contributed by atoms with Crippen molar-refractivity contribution in [2.75, 3.05) is 0 Å². The van der Waals surface area contributed by atoms with Crippen LogP contribution in [-0.4, -0.2) is 12.1 Å². The van der Waals surface area contributed by atoms with Crippen LogP contribution in [0, 0.1) is 5.92 Å². The molecule has 0 aliphatic heterocycles. The average Bonchev–Trinajstić information content (AvgIpc) is 3.37. The summed E-state index contributed by atoms with van der Waals surface area (Å²) in [5.41, 5.74) is 4.95. The maximum Gasteiger partial charge on any atom is 0.243 e. The molecule has 0 spiro atoms. The summed E-state index contributed by atoms with van der Waals surface area (Å²) in [6, 6.07) is 20.1. The molecule has 1 aliphatic carbocycles. The first-order valence-electron chi connectivity index (χ1n) is 7.44. The standard InChI is InChI=1S/C19H18N2O/c22-19(18-14-17(18)16-11-5-2-6-12-16)21-20-13-7-10-15-8-3-1-4-9-15/h1-13,17-18H,14H2,(H,21,22)/b10-7+,20-13-/t17-,18-/m1/s1. The zero-order valence-corrected chi connectivity index (χ0v) is 12.2. The van der Waals surface area contributed by atoms with E-state index < -0.39 is 0 Å². The molecule has 1 saturated carbocycles. The van der Waals surface area contributed by atoms with E-state index in [1.807, 2.05) is 60.7 Å². The van der Waals surface area contributed by atoms with Crippen LogP contribution in [0.15, 0.2) is 71.8 Å². The van der Waals surface area contributed by atoms with E-state index in [1.54, 1.807) is 6.21 Å². The summed E-state index contributed by atoms with van der Waals surface area (Å²) in [6.07, 6.45) is 6.27. The fraction of sp³-hybridized carbons (Fsp3) is 0.158. The van der Waals surface area contributed by atoms with E-state index in [0.717, 1.165) is 12.0 Å². The SMILES string of the molecule is O=C(N/N=C\C=C\c1ccccc1)[C@@H]1C[C@@H]1c1ccccc1. The molecule has 2 aromatic carbocycles. The van der Waals surface area contributed by atoms with Gasteiger partial charge in [-0.2, -0.15) is 5.10 Å².